The second-order valence-corrected chi connectivity index (χ2v) is 7.10. The highest BCUT2D eigenvalue weighted by molar-refractivity contribution is 9.10. The zero-order chi connectivity index (χ0) is 19.0. The number of nitrogens with one attached hydrogen (secondary N) is 1. The first-order chi connectivity index (χ1) is 13.0. The molecule has 0 unspecified atom stereocenters. The van der Waals surface area contributed by atoms with E-state index in [-0.39, 0.29) is 16.5 Å². The molecule has 0 radical (unpaired) electrons. The van der Waals surface area contributed by atoms with Gasteiger partial charge in [-0.15, -0.1) is 0 Å². The molecule has 0 bridgehead atoms. The number of rotatable bonds is 3. The summed E-state index contributed by atoms with van der Waals surface area (Å²) in [6, 6.07) is 16.6. The minimum Gasteiger partial charge on any atom is -0.505 e. The topological polar surface area (TPSA) is 74.8 Å². The minimum absolute atomic E-state index is 0.0487. The van der Waals surface area contributed by atoms with Crippen molar-refractivity contribution in [3.63, 3.8) is 0 Å². The summed E-state index contributed by atoms with van der Waals surface area (Å²) in [5, 5.41) is 16.7. The van der Waals surface area contributed by atoms with Crippen LogP contribution in [0.3, 0.4) is 0 Å². The lowest BCUT2D eigenvalue weighted by molar-refractivity contribution is 0.0929. The lowest BCUT2D eigenvalue weighted by atomic mass is 10.1. The molecule has 1 aromatic heterocycles. The number of nitrogens with zero attached hydrogens (tertiary/aromatic N) is 1. The van der Waals surface area contributed by atoms with Crippen LogP contribution in [0.25, 0.3) is 21.7 Å². The van der Waals surface area contributed by atoms with Crippen molar-refractivity contribution in [2.24, 2.45) is 5.10 Å². The lowest BCUT2D eigenvalue weighted by Gasteiger charge is -2.01. The Kier molecular flexibility index (Phi) is 4.59. The molecule has 0 saturated carbocycles. The van der Waals surface area contributed by atoms with E-state index in [0.29, 0.717) is 15.6 Å². The molecule has 4 aromatic rings. The number of hydrogen-bond donors (Lipinski definition) is 2. The van der Waals surface area contributed by atoms with Gasteiger partial charge in [-0.3, -0.25) is 4.79 Å². The predicted molar refractivity (Wildman–Crippen MR) is 110 cm³/mol. The van der Waals surface area contributed by atoms with Crippen LogP contribution >= 0.6 is 27.5 Å². The maximum absolute atomic E-state index is 12.3. The Morgan fingerprint density at radius 2 is 1.96 bits per heavy atom. The van der Waals surface area contributed by atoms with Gasteiger partial charge in [-0.2, -0.15) is 5.10 Å². The summed E-state index contributed by atoms with van der Waals surface area (Å²) in [6.45, 7) is 0. The van der Waals surface area contributed by atoms with Crippen molar-refractivity contribution in [2.75, 3.05) is 0 Å². The van der Waals surface area contributed by atoms with Crippen molar-refractivity contribution >= 4 is 61.4 Å². The number of phenolic OH excluding ortho intramolecular Hbond substituents is 1. The molecule has 0 saturated heterocycles. The number of amides is 1. The lowest BCUT2D eigenvalue weighted by Crippen LogP contribution is -2.16. The second kappa shape index (κ2) is 7.06. The first-order valence-electron chi connectivity index (χ1n) is 7.95. The van der Waals surface area contributed by atoms with Crippen molar-refractivity contribution in [1.29, 1.82) is 0 Å². The number of furan rings is 1. The zero-order valence-corrected chi connectivity index (χ0v) is 16.1. The summed E-state index contributed by atoms with van der Waals surface area (Å²) in [5.41, 5.74) is 3.67. The third kappa shape index (κ3) is 3.41. The van der Waals surface area contributed by atoms with Crippen molar-refractivity contribution in [1.82, 2.24) is 5.43 Å². The number of hydrogen-bond acceptors (Lipinski definition) is 4. The number of phenols is 1. The van der Waals surface area contributed by atoms with E-state index in [0.717, 1.165) is 16.2 Å². The van der Waals surface area contributed by atoms with Crippen LogP contribution in [0, 0.1) is 0 Å². The number of fused-ring (bicyclic) bond motifs is 3. The van der Waals surface area contributed by atoms with E-state index >= 15 is 0 Å². The molecule has 27 heavy (non-hydrogen) atoms. The molecule has 0 spiro atoms. The van der Waals surface area contributed by atoms with Gasteiger partial charge in [-0.25, -0.2) is 5.43 Å². The molecule has 1 heterocycles. The molecule has 0 aliphatic heterocycles. The number of carbonyl (C=O) groups is 1. The molecule has 5 nitrogen and oxygen atoms in total. The van der Waals surface area contributed by atoms with Crippen LogP contribution in [0.2, 0.25) is 5.02 Å². The molecule has 7 heteroatoms. The number of aromatic hydroxyl groups is 1. The van der Waals surface area contributed by atoms with E-state index in [9.17, 15) is 9.90 Å². The molecular formula is C20H12BrClN2O3. The van der Waals surface area contributed by atoms with Gasteiger partial charge in [0.05, 0.1) is 15.7 Å². The first-order valence-corrected chi connectivity index (χ1v) is 9.13. The van der Waals surface area contributed by atoms with Gasteiger partial charge in [0.2, 0.25) is 0 Å². The molecule has 2 N–H and O–H groups in total. The second-order valence-electron chi connectivity index (χ2n) is 5.84. The Morgan fingerprint density at radius 3 is 2.78 bits per heavy atom. The third-order valence-electron chi connectivity index (χ3n) is 4.07. The van der Waals surface area contributed by atoms with Crippen LogP contribution in [0.4, 0.5) is 0 Å². The molecule has 0 aliphatic rings. The van der Waals surface area contributed by atoms with Gasteiger partial charge in [0.15, 0.2) is 5.76 Å². The molecule has 1 amide bonds. The Balaban J connectivity index is 1.57. The maximum atomic E-state index is 12.3. The van der Waals surface area contributed by atoms with Crippen molar-refractivity contribution in [2.45, 2.75) is 0 Å². The van der Waals surface area contributed by atoms with Gasteiger partial charge in [0, 0.05) is 5.39 Å². The molecule has 0 fully saturated rings. The molecule has 4 rings (SSSR count). The standard InChI is InChI=1S/C20H12BrClN2O3/c21-15-7-11(8-16(22)19(15)25)10-23-24-20(26)18-9-14-13-4-2-1-3-12(13)5-6-17(14)27-18/h1-10,25H,(H,24,26)/b23-10-. The van der Waals surface area contributed by atoms with E-state index in [1.165, 1.54) is 12.3 Å². The van der Waals surface area contributed by atoms with Crippen LogP contribution in [0.15, 0.2) is 68.6 Å². The van der Waals surface area contributed by atoms with Crippen molar-refractivity contribution in [3.05, 3.63) is 75.4 Å². The van der Waals surface area contributed by atoms with Gasteiger partial charge in [0.25, 0.3) is 0 Å². The van der Waals surface area contributed by atoms with Gasteiger partial charge in [0.1, 0.15) is 11.3 Å². The summed E-state index contributed by atoms with van der Waals surface area (Å²) >= 11 is 9.10. The van der Waals surface area contributed by atoms with Crippen LogP contribution in [-0.4, -0.2) is 17.2 Å². The van der Waals surface area contributed by atoms with E-state index in [1.54, 1.807) is 12.1 Å². The van der Waals surface area contributed by atoms with Crippen LogP contribution in [0.5, 0.6) is 5.75 Å². The molecule has 0 aliphatic carbocycles. The fourth-order valence-electron chi connectivity index (χ4n) is 2.78. The van der Waals surface area contributed by atoms with Crippen LogP contribution < -0.4 is 5.43 Å². The van der Waals surface area contributed by atoms with Gasteiger partial charge in [-0.1, -0.05) is 41.9 Å². The SMILES string of the molecule is O=C(N/N=C\c1cc(Cl)c(O)c(Br)c1)c1cc2c(ccc3ccccc32)o1. The fraction of sp³-hybridized carbons (Fsp3) is 0. The highest BCUT2D eigenvalue weighted by Crippen LogP contribution is 2.32. The highest BCUT2D eigenvalue weighted by atomic mass is 79.9. The first kappa shape index (κ1) is 17.6. The molecule has 134 valence electrons. The monoisotopic (exact) mass is 442 g/mol. The number of hydrazone groups is 1. The van der Waals surface area contributed by atoms with E-state index < -0.39 is 5.91 Å². The smallest absolute Gasteiger partial charge is 0.307 e. The Bertz CT molecular complexity index is 1190. The largest absolute Gasteiger partial charge is 0.505 e. The minimum atomic E-state index is -0.463. The van der Waals surface area contributed by atoms with E-state index in [1.807, 2.05) is 36.4 Å². The van der Waals surface area contributed by atoms with Crippen molar-refractivity contribution < 1.29 is 14.3 Å². The third-order valence-corrected chi connectivity index (χ3v) is 4.96. The van der Waals surface area contributed by atoms with Crippen LogP contribution in [0.1, 0.15) is 16.1 Å². The average Bonchev–Trinajstić information content (AvgIpc) is 3.11. The van der Waals surface area contributed by atoms with Gasteiger partial charge < -0.3 is 9.52 Å². The zero-order valence-electron chi connectivity index (χ0n) is 13.7. The normalized spacial score (nSPS) is 11.5. The average molecular weight is 444 g/mol. The fourth-order valence-corrected chi connectivity index (χ4v) is 3.60. The maximum Gasteiger partial charge on any atom is 0.307 e. The highest BCUT2D eigenvalue weighted by Gasteiger charge is 2.13. The van der Waals surface area contributed by atoms with E-state index in [4.69, 9.17) is 16.0 Å². The summed E-state index contributed by atoms with van der Waals surface area (Å²) in [4.78, 5) is 12.3. The van der Waals surface area contributed by atoms with E-state index in [2.05, 4.69) is 26.5 Å². The van der Waals surface area contributed by atoms with Gasteiger partial charge in [-0.05, 0) is 56.5 Å². The Labute approximate surface area is 167 Å². The summed E-state index contributed by atoms with van der Waals surface area (Å²) < 4.78 is 6.08. The molecule has 3 aromatic carbocycles. The predicted octanol–water partition coefficient (Wildman–Crippen LogP) is 5.47. The number of benzene rings is 3. The number of halogens is 2. The quantitative estimate of drug-likeness (QED) is 0.326. The van der Waals surface area contributed by atoms with Gasteiger partial charge >= 0.3 is 5.91 Å². The van der Waals surface area contributed by atoms with Crippen LogP contribution in [-0.2, 0) is 0 Å². The Morgan fingerprint density at radius 1 is 1.15 bits per heavy atom. The molecular weight excluding hydrogens is 432 g/mol. The van der Waals surface area contributed by atoms with Crippen molar-refractivity contribution in [3.8, 4) is 5.75 Å². The molecule has 0 atom stereocenters. The summed E-state index contributed by atoms with van der Waals surface area (Å²) in [5.74, 6) is -0.341. The summed E-state index contributed by atoms with van der Waals surface area (Å²) in [7, 11) is 0. The Hall–Kier alpha value is -2.83. The number of carbonyl (C=O) groups excluding carboxylic acids is 1. The summed E-state index contributed by atoms with van der Waals surface area (Å²) in [6.07, 6.45) is 1.42.